The lowest BCUT2D eigenvalue weighted by atomic mass is 10.5. The van der Waals surface area contributed by atoms with Crippen molar-refractivity contribution in [1.82, 2.24) is 15.0 Å². The Hall–Kier alpha value is -0.940. The first kappa shape index (κ1) is 7.17. The third-order valence-electron chi connectivity index (χ3n) is 1.23. The third kappa shape index (κ3) is 1.52. The molecule has 5 nitrogen and oxygen atoms in total. The maximum Gasteiger partial charge on any atom is 0.137 e. The fourth-order valence-electron chi connectivity index (χ4n) is 0.724. The fourth-order valence-corrected chi connectivity index (χ4v) is 0.724. The number of rotatable bonds is 3. The topological polar surface area (TPSA) is 86.0 Å². The highest BCUT2D eigenvalue weighted by Gasteiger charge is 1.97. The minimum absolute atomic E-state index is 0.705. The van der Waals surface area contributed by atoms with Gasteiger partial charge in [0.1, 0.15) is 12.2 Å². The van der Waals surface area contributed by atoms with Gasteiger partial charge >= 0.3 is 0 Å². The zero-order valence-electron chi connectivity index (χ0n) is 5.95. The lowest BCUT2D eigenvalue weighted by Gasteiger charge is -1.89. The molecule has 0 saturated heterocycles. The maximum atomic E-state index is 3.88. The van der Waals surface area contributed by atoms with Crippen LogP contribution in [0.15, 0.2) is 6.20 Å². The zero-order valence-corrected chi connectivity index (χ0v) is 5.95. The largest absolute Gasteiger partial charge is 0.356 e. The van der Waals surface area contributed by atoms with E-state index < -0.39 is 0 Å². The van der Waals surface area contributed by atoms with E-state index in [1.807, 2.05) is 6.20 Å². The van der Waals surface area contributed by atoms with Crippen LogP contribution >= 0.6 is 0 Å². The molecular weight excluding hydrogens is 130 g/mol. The van der Waals surface area contributed by atoms with Gasteiger partial charge in [-0.1, -0.05) is 5.21 Å². The molecule has 0 aliphatic rings. The molecule has 0 spiro atoms. The molecule has 0 aliphatic heterocycles. The molecule has 1 aromatic rings. The Morgan fingerprint density at radius 1 is 1.50 bits per heavy atom. The van der Waals surface area contributed by atoms with Crippen LogP contribution in [-0.2, 0) is 13.1 Å². The van der Waals surface area contributed by atoms with Crippen LogP contribution in [0.25, 0.3) is 0 Å². The SMILES string of the molecule is [NH3+]CCn1cc(C[NH3+])nn1. The monoisotopic (exact) mass is 143 g/mol. The highest BCUT2D eigenvalue weighted by molar-refractivity contribution is 4.88. The molecule has 0 fully saturated rings. The molecule has 0 bridgehead atoms. The van der Waals surface area contributed by atoms with Gasteiger partial charge in [-0.05, 0) is 0 Å². The van der Waals surface area contributed by atoms with E-state index in [0.717, 1.165) is 18.8 Å². The smallest absolute Gasteiger partial charge is 0.137 e. The van der Waals surface area contributed by atoms with E-state index >= 15 is 0 Å². The predicted molar refractivity (Wildman–Crippen MR) is 34.4 cm³/mol. The zero-order chi connectivity index (χ0) is 7.40. The summed E-state index contributed by atoms with van der Waals surface area (Å²) < 4.78 is 1.79. The first-order valence-corrected chi connectivity index (χ1v) is 3.34. The van der Waals surface area contributed by atoms with Crippen molar-refractivity contribution >= 4 is 0 Å². The van der Waals surface area contributed by atoms with Crippen LogP contribution in [0.2, 0.25) is 0 Å². The first-order valence-electron chi connectivity index (χ1n) is 3.34. The van der Waals surface area contributed by atoms with Gasteiger partial charge in [0, 0.05) is 0 Å². The van der Waals surface area contributed by atoms with E-state index in [1.165, 1.54) is 0 Å². The Labute approximate surface area is 59.0 Å². The number of hydrogen-bond donors (Lipinski definition) is 2. The quantitative estimate of drug-likeness (QED) is 0.481. The summed E-state index contributed by atoms with van der Waals surface area (Å²) in [7, 11) is 0. The highest BCUT2D eigenvalue weighted by atomic mass is 15.4. The number of quaternary nitrogens is 2. The second-order valence-corrected chi connectivity index (χ2v) is 2.08. The summed E-state index contributed by atoms with van der Waals surface area (Å²) in [6.07, 6.45) is 1.90. The average molecular weight is 143 g/mol. The van der Waals surface area contributed by atoms with Crippen LogP contribution in [0.1, 0.15) is 5.69 Å². The molecule has 5 heteroatoms. The van der Waals surface area contributed by atoms with Crippen LogP contribution in [0, 0.1) is 0 Å². The molecule has 0 aromatic carbocycles. The molecule has 1 heterocycles. The third-order valence-corrected chi connectivity index (χ3v) is 1.23. The molecule has 0 aliphatic carbocycles. The summed E-state index contributed by atoms with van der Waals surface area (Å²) >= 11 is 0. The summed E-state index contributed by atoms with van der Waals surface area (Å²) in [5.74, 6) is 0. The van der Waals surface area contributed by atoms with Gasteiger partial charge in [-0.2, -0.15) is 0 Å². The lowest BCUT2D eigenvalue weighted by Crippen LogP contribution is -2.52. The van der Waals surface area contributed by atoms with E-state index in [9.17, 15) is 0 Å². The predicted octanol–water partition coefficient (Wildman–Crippen LogP) is -2.74. The van der Waals surface area contributed by atoms with Crippen molar-refractivity contribution in [2.75, 3.05) is 6.54 Å². The number of hydrogen-bond acceptors (Lipinski definition) is 2. The van der Waals surface area contributed by atoms with Gasteiger partial charge in [-0.25, -0.2) is 4.68 Å². The van der Waals surface area contributed by atoms with Crippen molar-refractivity contribution in [1.29, 1.82) is 0 Å². The van der Waals surface area contributed by atoms with Crippen molar-refractivity contribution in [2.45, 2.75) is 13.1 Å². The molecule has 0 radical (unpaired) electrons. The van der Waals surface area contributed by atoms with Gasteiger partial charge in [0.15, 0.2) is 0 Å². The molecule has 0 saturated carbocycles. The molecule has 0 unspecified atom stereocenters. The summed E-state index contributed by atoms with van der Waals surface area (Å²) in [6, 6.07) is 0. The molecule has 0 amide bonds. The maximum absolute atomic E-state index is 3.88. The Kier molecular flexibility index (Phi) is 2.35. The number of nitrogens with zero attached hydrogens (tertiary/aromatic N) is 3. The molecule has 6 N–H and O–H groups in total. The van der Waals surface area contributed by atoms with Gasteiger partial charge in [-0.3, -0.25) is 0 Å². The van der Waals surface area contributed by atoms with Crippen molar-refractivity contribution in [3.05, 3.63) is 11.9 Å². The summed E-state index contributed by atoms with van der Waals surface area (Å²) in [6.45, 7) is 2.39. The van der Waals surface area contributed by atoms with Crippen LogP contribution in [0.4, 0.5) is 0 Å². The molecule has 1 rings (SSSR count). The molecular formula is C5H13N5+2. The normalized spacial score (nSPS) is 10.2. The van der Waals surface area contributed by atoms with Crippen LogP contribution < -0.4 is 11.5 Å². The second-order valence-electron chi connectivity index (χ2n) is 2.08. The van der Waals surface area contributed by atoms with Gasteiger partial charge in [0.25, 0.3) is 0 Å². The fraction of sp³-hybridized carbons (Fsp3) is 0.600. The van der Waals surface area contributed by atoms with E-state index in [4.69, 9.17) is 0 Å². The minimum atomic E-state index is 0.705. The Morgan fingerprint density at radius 3 is 2.80 bits per heavy atom. The van der Waals surface area contributed by atoms with Gasteiger partial charge < -0.3 is 11.5 Å². The highest BCUT2D eigenvalue weighted by Crippen LogP contribution is 1.87. The standard InChI is InChI=1S/C5H11N5/c6-1-2-10-4-5(3-7)8-9-10/h4H,1-3,6-7H2/p+2. The Balaban J connectivity index is 2.59. The molecule has 0 atom stereocenters. The van der Waals surface area contributed by atoms with Crippen LogP contribution in [0.5, 0.6) is 0 Å². The molecule has 10 heavy (non-hydrogen) atoms. The van der Waals surface area contributed by atoms with Crippen molar-refractivity contribution < 1.29 is 11.5 Å². The van der Waals surface area contributed by atoms with Crippen molar-refractivity contribution in [3.63, 3.8) is 0 Å². The van der Waals surface area contributed by atoms with Crippen molar-refractivity contribution in [2.24, 2.45) is 0 Å². The second kappa shape index (κ2) is 3.28. The van der Waals surface area contributed by atoms with E-state index in [1.54, 1.807) is 4.68 Å². The summed E-state index contributed by atoms with van der Waals surface area (Å²) in [4.78, 5) is 0. The minimum Gasteiger partial charge on any atom is -0.356 e. The summed E-state index contributed by atoms with van der Waals surface area (Å²) in [5.41, 5.74) is 8.35. The Bertz CT molecular complexity index is 194. The Morgan fingerprint density at radius 2 is 2.30 bits per heavy atom. The van der Waals surface area contributed by atoms with E-state index in [-0.39, 0.29) is 0 Å². The van der Waals surface area contributed by atoms with Gasteiger partial charge in [-0.15, -0.1) is 5.10 Å². The summed E-state index contributed by atoms with van der Waals surface area (Å²) in [5, 5.41) is 7.74. The van der Waals surface area contributed by atoms with E-state index in [0.29, 0.717) is 6.54 Å². The molecule has 1 aromatic heterocycles. The van der Waals surface area contributed by atoms with Crippen LogP contribution in [0.3, 0.4) is 0 Å². The lowest BCUT2D eigenvalue weighted by molar-refractivity contribution is -0.387. The molecule has 56 valence electrons. The van der Waals surface area contributed by atoms with Gasteiger partial charge in [0.2, 0.25) is 0 Å². The average Bonchev–Trinajstić information content (AvgIpc) is 2.37. The van der Waals surface area contributed by atoms with Gasteiger partial charge in [0.05, 0.1) is 19.3 Å². The van der Waals surface area contributed by atoms with Crippen molar-refractivity contribution in [3.8, 4) is 0 Å². The van der Waals surface area contributed by atoms with Crippen LogP contribution in [-0.4, -0.2) is 21.5 Å². The first-order chi connectivity index (χ1) is 4.86. The van der Waals surface area contributed by atoms with E-state index in [2.05, 4.69) is 21.8 Å². The number of aromatic nitrogens is 3.